The zero-order chi connectivity index (χ0) is 16.1. The summed E-state index contributed by atoms with van der Waals surface area (Å²) >= 11 is 0. The molecule has 1 aromatic rings. The molecule has 6 heteroatoms. The van der Waals surface area contributed by atoms with Gasteiger partial charge in [0.15, 0.2) is 11.5 Å². The van der Waals surface area contributed by atoms with E-state index >= 15 is 0 Å². The number of benzene rings is 1. The van der Waals surface area contributed by atoms with Gasteiger partial charge >= 0.3 is 5.97 Å². The van der Waals surface area contributed by atoms with Gasteiger partial charge in [-0.05, 0) is 24.2 Å². The number of carboxylic acids is 1. The first-order valence-electron chi connectivity index (χ1n) is 7.51. The molecule has 1 aliphatic heterocycles. The fraction of sp³-hybridized carbons (Fsp3) is 0.562. The predicted molar refractivity (Wildman–Crippen MR) is 83.6 cm³/mol. The van der Waals surface area contributed by atoms with Crippen LogP contribution >= 0.6 is 0 Å². The van der Waals surface area contributed by atoms with Gasteiger partial charge in [0.2, 0.25) is 0 Å². The van der Waals surface area contributed by atoms with E-state index in [9.17, 15) is 9.90 Å². The summed E-state index contributed by atoms with van der Waals surface area (Å²) in [5.41, 5.74) is 0.718. The van der Waals surface area contributed by atoms with Crippen molar-refractivity contribution < 1.29 is 19.4 Å². The van der Waals surface area contributed by atoms with E-state index < -0.39 is 12.0 Å². The number of rotatable bonds is 6. The second kappa shape index (κ2) is 7.47. The smallest absolute Gasteiger partial charge is 0.325 e. The number of carboxylic acid groups (broad SMARTS) is 1. The molecule has 0 aliphatic carbocycles. The molecule has 0 aromatic heterocycles. The molecule has 1 aromatic carbocycles. The molecule has 1 aliphatic rings. The minimum Gasteiger partial charge on any atom is -0.493 e. The lowest BCUT2D eigenvalue weighted by atomic mass is 10.0. The Morgan fingerprint density at radius 2 is 1.82 bits per heavy atom. The minimum atomic E-state index is -0.836. The van der Waals surface area contributed by atoms with Crippen molar-refractivity contribution in [3.8, 4) is 11.5 Å². The van der Waals surface area contributed by atoms with E-state index in [0.717, 1.165) is 38.3 Å². The van der Waals surface area contributed by atoms with E-state index in [4.69, 9.17) is 9.47 Å². The Bertz CT molecular complexity index is 513. The molecular weight excluding hydrogens is 284 g/mol. The number of hydrogen-bond donors (Lipinski definition) is 1. The van der Waals surface area contributed by atoms with Crippen molar-refractivity contribution in [3.05, 3.63) is 23.8 Å². The van der Waals surface area contributed by atoms with Crippen molar-refractivity contribution >= 4 is 5.97 Å². The zero-order valence-electron chi connectivity index (χ0n) is 13.4. The maximum absolute atomic E-state index is 11.8. The molecule has 122 valence electrons. The standard InChI is InChI=1S/C16H24N2O4/c1-4-17-7-9-18(10-8-17)15(16(19)20)12-5-6-13(21-2)14(11-12)22-3/h5-6,11,15H,4,7-10H2,1-3H3,(H,19,20). The van der Waals surface area contributed by atoms with Gasteiger partial charge in [-0.2, -0.15) is 0 Å². The van der Waals surface area contributed by atoms with Crippen LogP contribution < -0.4 is 9.47 Å². The Kier molecular flexibility index (Phi) is 5.63. The average Bonchev–Trinajstić information content (AvgIpc) is 2.55. The summed E-state index contributed by atoms with van der Waals surface area (Å²) < 4.78 is 10.5. The maximum atomic E-state index is 11.8. The molecule has 0 radical (unpaired) electrons. The minimum absolute atomic E-state index is 0.554. The lowest BCUT2D eigenvalue weighted by molar-refractivity contribution is -0.144. The quantitative estimate of drug-likeness (QED) is 0.858. The lowest BCUT2D eigenvalue weighted by Crippen LogP contribution is -2.49. The highest BCUT2D eigenvalue weighted by Crippen LogP contribution is 2.32. The molecule has 2 rings (SSSR count). The largest absolute Gasteiger partial charge is 0.493 e. The summed E-state index contributed by atoms with van der Waals surface area (Å²) in [5, 5.41) is 9.66. The van der Waals surface area contributed by atoms with Crippen LogP contribution in [0.2, 0.25) is 0 Å². The van der Waals surface area contributed by atoms with E-state index in [1.54, 1.807) is 32.4 Å². The molecule has 0 spiro atoms. The number of carbonyl (C=O) groups is 1. The Labute approximate surface area is 131 Å². The molecule has 1 atom stereocenters. The molecule has 6 nitrogen and oxygen atoms in total. The monoisotopic (exact) mass is 308 g/mol. The van der Waals surface area contributed by atoms with Gasteiger partial charge in [0.05, 0.1) is 14.2 Å². The van der Waals surface area contributed by atoms with E-state index in [-0.39, 0.29) is 0 Å². The first-order valence-corrected chi connectivity index (χ1v) is 7.51. The van der Waals surface area contributed by atoms with Crippen LogP contribution in [-0.4, -0.2) is 67.8 Å². The molecule has 1 N–H and O–H groups in total. The number of aliphatic carboxylic acids is 1. The van der Waals surface area contributed by atoms with Crippen LogP contribution in [0.5, 0.6) is 11.5 Å². The maximum Gasteiger partial charge on any atom is 0.325 e. The van der Waals surface area contributed by atoms with Crippen LogP contribution in [0.15, 0.2) is 18.2 Å². The van der Waals surface area contributed by atoms with Gasteiger partial charge < -0.3 is 19.5 Å². The van der Waals surface area contributed by atoms with Crippen LogP contribution in [-0.2, 0) is 4.79 Å². The van der Waals surface area contributed by atoms with Crippen molar-refractivity contribution in [1.82, 2.24) is 9.80 Å². The fourth-order valence-corrected chi connectivity index (χ4v) is 2.87. The van der Waals surface area contributed by atoms with E-state index in [1.165, 1.54) is 0 Å². The second-order valence-corrected chi connectivity index (χ2v) is 5.33. The van der Waals surface area contributed by atoms with E-state index in [1.807, 2.05) is 4.90 Å². The SMILES string of the molecule is CCN1CCN(C(C(=O)O)c2ccc(OC)c(OC)c2)CC1. The Morgan fingerprint density at radius 1 is 1.18 bits per heavy atom. The van der Waals surface area contributed by atoms with Crippen LogP contribution in [0.3, 0.4) is 0 Å². The molecule has 1 saturated heterocycles. The summed E-state index contributed by atoms with van der Waals surface area (Å²) in [5.74, 6) is 0.321. The highest BCUT2D eigenvalue weighted by molar-refractivity contribution is 5.76. The number of piperazine rings is 1. The van der Waals surface area contributed by atoms with Crippen LogP contribution in [0.4, 0.5) is 0 Å². The molecule has 1 fully saturated rings. The Hall–Kier alpha value is -1.79. The first kappa shape index (κ1) is 16.6. The number of nitrogens with zero attached hydrogens (tertiary/aromatic N) is 2. The van der Waals surface area contributed by atoms with Crippen LogP contribution in [0, 0.1) is 0 Å². The predicted octanol–water partition coefficient (Wildman–Crippen LogP) is 1.47. The summed E-state index contributed by atoms with van der Waals surface area (Å²) in [7, 11) is 3.12. The summed E-state index contributed by atoms with van der Waals surface area (Å²) in [4.78, 5) is 16.1. The topological polar surface area (TPSA) is 62.2 Å². The van der Waals surface area contributed by atoms with Gasteiger partial charge in [-0.3, -0.25) is 9.69 Å². The van der Waals surface area contributed by atoms with E-state index in [0.29, 0.717) is 11.5 Å². The molecule has 0 amide bonds. The number of ether oxygens (including phenoxy) is 2. The lowest BCUT2D eigenvalue weighted by Gasteiger charge is -2.37. The molecule has 22 heavy (non-hydrogen) atoms. The van der Waals surface area contributed by atoms with Gasteiger partial charge in [0.25, 0.3) is 0 Å². The number of methoxy groups -OCH3 is 2. The summed E-state index contributed by atoms with van der Waals surface area (Å²) in [6.07, 6.45) is 0. The van der Waals surface area contributed by atoms with Gasteiger partial charge in [-0.1, -0.05) is 13.0 Å². The number of likely N-dealkylation sites (N-methyl/N-ethyl adjacent to an activating group) is 1. The fourth-order valence-electron chi connectivity index (χ4n) is 2.87. The molecule has 1 unspecified atom stereocenters. The molecular formula is C16H24N2O4. The third-order valence-corrected chi connectivity index (χ3v) is 4.18. The Morgan fingerprint density at radius 3 is 2.32 bits per heavy atom. The van der Waals surface area contributed by atoms with E-state index in [2.05, 4.69) is 11.8 Å². The number of hydrogen-bond acceptors (Lipinski definition) is 5. The van der Waals surface area contributed by atoms with Crippen LogP contribution in [0.25, 0.3) is 0 Å². The van der Waals surface area contributed by atoms with Gasteiger partial charge in [-0.15, -0.1) is 0 Å². The highest BCUT2D eigenvalue weighted by Gasteiger charge is 2.30. The van der Waals surface area contributed by atoms with Crippen LogP contribution in [0.1, 0.15) is 18.5 Å². The zero-order valence-corrected chi connectivity index (χ0v) is 13.4. The van der Waals surface area contributed by atoms with Crippen molar-refractivity contribution in [3.63, 3.8) is 0 Å². The van der Waals surface area contributed by atoms with Gasteiger partial charge in [0.1, 0.15) is 6.04 Å². The van der Waals surface area contributed by atoms with Crippen molar-refractivity contribution in [1.29, 1.82) is 0 Å². The Balaban J connectivity index is 2.23. The third kappa shape index (κ3) is 3.51. The first-order chi connectivity index (χ1) is 10.6. The second-order valence-electron chi connectivity index (χ2n) is 5.33. The van der Waals surface area contributed by atoms with Crippen molar-refractivity contribution in [2.45, 2.75) is 13.0 Å². The van der Waals surface area contributed by atoms with Crippen molar-refractivity contribution in [2.75, 3.05) is 46.9 Å². The summed E-state index contributed by atoms with van der Waals surface area (Å²) in [6.45, 7) is 6.42. The molecule has 0 saturated carbocycles. The molecule has 1 heterocycles. The van der Waals surface area contributed by atoms with Gasteiger partial charge in [-0.25, -0.2) is 0 Å². The van der Waals surface area contributed by atoms with Crippen molar-refractivity contribution in [2.24, 2.45) is 0 Å². The van der Waals surface area contributed by atoms with Gasteiger partial charge in [0, 0.05) is 26.2 Å². The summed E-state index contributed by atoms with van der Waals surface area (Å²) in [6, 6.07) is 4.65. The normalized spacial score (nSPS) is 18.0. The highest BCUT2D eigenvalue weighted by atomic mass is 16.5. The third-order valence-electron chi connectivity index (χ3n) is 4.18. The average molecular weight is 308 g/mol. The molecule has 0 bridgehead atoms.